The molecule has 52 heavy (non-hydrogen) atoms. The van der Waals surface area contributed by atoms with Crippen LogP contribution in [0.1, 0.15) is 18.2 Å². The number of rotatable bonds is 4. The molecule has 1 aliphatic carbocycles. The fourth-order valence-electron chi connectivity index (χ4n) is 7.84. The number of aromatic nitrogens is 3. The molecular formula is C47H29N3O2. The van der Waals surface area contributed by atoms with Crippen LogP contribution < -0.4 is 0 Å². The van der Waals surface area contributed by atoms with E-state index in [1.165, 1.54) is 10.8 Å². The van der Waals surface area contributed by atoms with Crippen LogP contribution in [0.2, 0.25) is 0 Å². The molecule has 1 unspecified atom stereocenters. The first-order chi connectivity index (χ1) is 25.7. The summed E-state index contributed by atoms with van der Waals surface area (Å²) >= 11 is 0. The largest absolute Gasteiger partial charge is 0.456 e. The Labute approximate surface area is 298 Å². The minimum atomic E-state index is 0.0634. The summed E-state index contributed by atoms with van der Waals surface area (Å²) in [7, 11) is 0. The Morgan fingerprint density at radius 3 is 1.92 bits per heavy atom. The average molecular weight is 668 g/mol. The molecule has 0 bridgehead atoms. The van der Waals surface area contributed by atoms with E-state index < -0.39 is 0 Å². The van der Waals surface area contributed by atoms with Gasteiger partial charge in [-0.15, -0.1) is 0 Å². The van der Waals surface area contributed by atoms with Crippen LogP contribution in [-0.4, -0.2) is 15.0 Å². The summed E-state index contributed by atoms with van der Waals surface area (Å²) in [5.74, 6) is 2.12. The molecule has 11 rings (SSSR count). The summed E-state index contributed by atoms with van der Waals surface area (Å²) in [6, 6.07) is 46.4. The van der Waals surface area contributed by atoms with Gasteiger partial charge >= 0.3 is 0 Å². The van der Waals surface area contributed by atoms with Gasteiger partial charge in [-0.2, -0.15) is 0 Å². The molecule has 3 aromatic heterocycles. The van der Waals surface area contributed by atoms with Crippen LogP contribution in [-0.2, 0) is 0 Å². The molecule has 0 saturated carbocycles. The number of furan rings is 2. The average Bonchev–Trinajstić information content (AvgIpc) is 3.77. The number of benzene rings is 7. The second-order valence-electron chi connectivity index (χ2n) is 13.5. The highest BCUT2D eigenvalue weighted by Crippen LogP contribution is 2.42. The molecule has 10 aromatic rings. The molecule has 5 nitrogen and oxygen atoms in total. The van der Waals surface area contributed by atoms with Crippen LogP contribution in [0.25, 0.3) is 99.3 Å². The third-order valence-electron chi connectivity index (χ3n) is 10.4. The monoisotopic (exact) mass is 667 g/mol. The molecule has 5 heteroatoms. The highest BCUT2D eigenvalue weighted by molar-refractivity contribution is 6.17. The van der Waals surface area contributed by atoms with Crippen molar-refractivity contribution < 1.29 is 8.83 Å². The highest BCUT2D eigenvalue weighted by atomic mass is 16.3. The van der Waals surface area contributed by atoms with Gasteiger partial charge in [-0.25, -0.2) is 15.0 Å². The second-order valence-corrected chi connectivity index (χ2v) is 13.5. The van der Waals surface area contributed by atoms with Crippen molar-refractivity contribution in [2.75, 3.05) is 0 Å². The second kappa shape index (κ2) is 11.3. The summed E-state index contributed by atoms with van der Waals surface area (Å²) in [4.78, 5) is 15.3. The SMILES string of the molecule is C1=CCC(c2nc(-c3ccc4ccccc4c3)nc(-c3cccc4oc5cc(-c6cccc7oc8cc9ccccc9cc8c67)ccc5c34)n2)C=C1. The lowest BCUT2D eigenvalue weighted by Gasteiger charge is -2.15. The molecule has 0 radical (unpaired) electrons. The van der Waals surface area contributed by atoms with Gasteiger partial charge in [0.2, 0.25) is 0 Å². The van der Waals surface area contributed by atoms with Crippen molar-refractivity contribution in [3.63, 3.8) is 0 Å². The van der Waals surface area contributed by atoms with Gasteiger partial charge in [-0.05, 0) is 81.6 Å². The zero-order chi connectivity index (χ0) is 34.2. The van der Waals surface area contributed by atoms with Crippen molar-refractivity contribution in [2.24, 2.45) is 0 Å². The lowest BCUT2D eigenvalue weighted by molar-refractivity contribution is 0.668. The predicted octanol–water partition coefficient (Wildman–Crippen LogP) is 12.6. The van der Waals surface area contributed by atoms with Crippen molar-refractivity contribution in [1.29, 1.82) is 0 Å². The molecule has 3 heterocycles. The lowest BCUT2D eigenvalue weighted by Crippen LogP contribution is -2.08. The van der Waals surface area contributed by atoms with E-state index in [2.05, 4.69) is 140 Å². The Morgan fingerprint density at radius 1 is 0.462 bits per heavy atom. The number of fused-ring (bicyclic) bond motifs is 8. The minimum absolute atomic E-state index is 0.0634. The Hall–Kier alpha value is -6.85. The molecule has 1 aliphatic rings. The zero-order valence-electron chi connectivity index (χ0n) is 28.0. The topological polar surface area (TPSA) is 65.0 Å². The van der Waals surface area contributed by atoms with Gasteiger partial charge in [0.15, 0.2) is 11.6 Å². The molecular weight excluding hydrogens is 639 g/mol. The first-order valence-corrected chi connectivity index (χ1v) is 17.6. The number of allylic oxidation sites excluding steroid dienone is 4. The van der Waals surface area contributed by atoms with Gasteiger partial charge < -0.3 is 8.83 Å². The van der Waals surface area contributed by atoms with Crippen molar-refractivity contribution in [3.05, 3.63) is 164 Å². The molecule has 0 aliphatic heterocycles. The molecule has 244 valence electrons. The Morgan fingerprint density at radius 2 is 1.13 bits per heavy atom. The van der Waals surface area contributed by atoms with Crippen molar-refractivity contribution >= 4 is 65.4 Å². The summed E-state index contributed by atoms with van der Waals surface area (Å²) < 4.78 is 13.0. The van der Waals surface area contributed by atoms with Gasteiger partial charge in [-0.3, -0.25) is 0 Å². The Kier molecular flexibility index (Phi) is 6.31. The normalized spacial score (nSPS) is 14.5. The van der Waals surface area contributed by atoms with Crippen molar-refractivity contribution in [2.45, 2.75) is 12.3 Å². The van der Waals surface area contributed by atoms with Crippen molar-refractivity contribution in [3.8, 4) is 33.9 Å². The van der Waals surface area contributed by atoms with E-state index >= 15 is 0 Å². The van der Waals surface area contributed by atoms with Crippen molar-refractivity contribution in [1.82, 2.24) is 15.0 Å². The highest BCUT2D eigenvalue weighted by Gasteiger charge is 2.21. The van der Waals surface area contributed by atoms with Gasteiger partial charge in [0, 0.05) is 38.6 Å². The molecule has 0 spiro atoms. The molecule has 0 saturated heterocycles. The van der Waals surface area contributed by atoms with Gasteiger partial charge in [0.05, 0.1) is 0 Å². The molecule has 0 N–H and O–H groups in total. The van der Waals surface area contributed by atoms with Gasteiger partial charge in [0.25, 0.3) is 0 Å². The van der Waals surface area contributed by atoms with Gasteiger partial charge in [0.1, 0.15) is 28.2 Å². The number of hydrogen-bond donors (Lipinski definition) is 0. The summed E-state index contributed by atoms with van der Waals surface area (Å²) in [5.41, 5.74) is 7.39. The van der Waals surface area contributed by atoms with E-state index in [4.69, 9.17) is 23.8 Å². The Bertz CT molecular complexity index is 3130. The number of nitrogens with zero attached hydrogens (tertiary/aromatic N) is 3. The smallest absolute Gasteiger partial charge is 0.164 e. The quantitative estimate of drug-likeness (QED) is 0.187. The van der Waals surface area contributed by atoms with Crippen LogP contribution in [0.3, 0.4) is 0 Å². The van der Waals surface area contributed by atoms with E-state index in [0.29, 0.717) is 11.6 Å². The predicted molar refractivity (Wildman–Crippen MR) is 211 cm³/mol. The third-order valence-corrected chi connectivity index (χ3v) is 10.4. The maximum atomic E-state index is 6.61. The van der Waals surface area contributed by atoms with E-state index in [1.54, 1.807) is 0 Å². The van der Waals surface area contributed by atoms with Crippen LogP contribution in [0.5, 0.6) is 0 Å². The fraction of sp³-hybridized carbons (Fsp3) is 0.0426. The standard InChI is InChI=1S/C47H29N3O2/c1-2-11-29(12-3-1)45-48-46(34-21-20-28-10-4-5-13-30(28)24-34)50-47(49-45)37-17-9-19-40-44(37)36-23-22-33(27-41(36)51-40)35-16-8-18-39-43(35)38-25-31-14-6-7-15-32(31)26-42(38)52-39/h1-11,13-27,29H,12H2. The number of hydrogen-bond acceptors (Lipinski definition) is 5. The first kappa shape index (κ1) is 28.9. The van der Waals surface area contributed by atoms with E-state index in [1.807, 2.05) is 18.2 Å². The molecule has 7 aromatic carbocycles. The Balaban J connectivity index is 1.08. The zero-order valence-corrected chi connectivity index (χ0v) is 28.0. The molecule has 0 amide bonds. The van der Waals surface area contributed by atoms with E-state index in [9.17, 15) is 0 Å². The van der Waals surface area contributed by atoms with E-state index in [-0.39, 0.29) is 5.92 Å². The van der Waals surface area contributed by atoms with E-state index in [0.717, 1.165) is 89.1 Å². The maximum absolute atomic E-state index is 6.61. The van der Waals surface area contributed by atoms with Crippen LogP contribution in [0, 0.1) is 0 Å². The summed E-state index contributed by atoms with van der Waals surface area (Å²) in [6.07, 6.45) is 9.33. The summed E-state index contributed by atoms with van der Waals surface area (Å²) in [6.45, 7) is 0. The fourth-order valence-corrected chi connectivity index (χ4v) is 7.84. The molecule has 1 atom stereocenters. The first-order valence-electron chi connectivity index (χ1n) is 17.6. The summed E-state index contributed by atoms with van der Waals surface area (Å²) in [5, 5.41) is 8.89. The minimum Gasteiger partial charge on any atom is -0.456 e. The van der Waals surface area contributed by atoms with Gasteiger partial charge in [-0.1, -0.05) is 115 Å². The van der Waals surface area contributed by atoms with Crippen LogP contribution in [0.15, 0.2) is 167 Å². The van der Waals surface area contributed by atoms with Crippen LogP contribution >= 0.6 is 0 Å². The maximum Gasteiger partial charge on any atom is 0.164 e. The lowest BCUT2D eigenvalue weighted by atomic mass is 9.97. The molecule has 0 fully saturated rings. The van der Waals surface area contributed by atoms with Crippen LogP contribution in [0.4, 0.5) is 0 Å². The third kappa shape index (κ3) is 4.60.